The molecule has 3 aromatic rings. The zero-order valence-electron chi connectivity index (χ0n) is 24.8. The molecular weight excluding hydrogens is 672 g/mol. The molecule has 0 spiro atoms. The summed E-state index contributed by atoms with van der Waals surface area (Å²) in [6.45, 7) is 5.77. The predicted molar refractivity (Wildman–Crippen MR) is 159 cm³/mol. The molecule has 0 atom stereocenters. The molecule has 3 rings (SSSR count). The van der Waals surface area contributed by atoms with E-state index in [1.54, 1.807) is 0 Å². The first kappa shape index (κ1) is 37.3. The van der Waals surface area contributed by atoms with E-state index in [9.17, 15) is 49.1 Å². The van der Waals surface area contributed by atoms with Crippen LogP contribution in [0, 0.1) is 5.41 Å². The second-order valence-electron chi connectivity index (χ2n) is 10.0. The molecule has 0 bridgehead atoms. The molecule has 9 nitrogen and oxygen atoms in total. The number of sulfonamides is 1. The van der Waals surface area contributed by atoms with Gasteiger partial charge in [0.25, 0.3) is 10.0 Å². The van der Waals surface area contributed by atoms with Crippen molar-refractivity contribution < 1.29 is 63.4 Å². The topological polar surface area (TPSA) is 125 Å². The van der Waals surface area contributed by atoms with Crippen molar-refractivity contribution >= 4 is 33.4 Å². The number of carbonyl (C=O) groups excluding carboxylic acids is 3. The summed E-state index contributed by atoms with van der Waals surface area (Å²) in [7, 11) is -4.24. The Balaban J connectivity index is 1.64. The van der Waals surface area contributed by atoms with Crippen molar-refractivity contribution in [2.75, 3.05) is 11.3 Å². The van der Waals surface area contributed by atoms with Crippen LogP contribution in [-0.4, -0.2) is 39.1 Å². The van der Waals surface area contributed by atoms with E-state index >= 15 is 0 Å². The van der Waals surface area contributed by atoms with Crippen molar-refractivity contribution in [1.29, 1.82) is 0 Å². The Bertz CT molecular complexity index is 1730. The second-order valence-corrected chi connectivity index (χ2v) is 11.7. The smallest absolute Gasteiger partial charge is 0.460 e. The summed E-state index contributed by atoms with van der Waals surface area (Å²) in [5.74, 6) is -3.59. The van der Waals surface area contributed by atoms with Crippen molar-refractivity contribution in [2.24, 2.45) is 5.41 Å². The Morgan fingerprint density at radius 3 is 1.79 bits per heavy atom. The average Bonchev–Trinajstić information content (AvgIpc) is 3.01. The molecule has 0 saturated carbocycles. The van der Waals surface area contributed by atoms with Gasteiger partial charge in [-0.25, -0.2) is 8.42 Å². The quantitative estimate of drug-likeness (QED) is 0.0591. The lowest BCUT2D eigenvalue weighted by Gasteiger charge is -2.27. The van der Waals surface area contributed by atoms with Crippen molar-refractivity contribution in [1.82, 2.24) is 0 Å². The Labute approximate surface area is 270 Å². The highest BCUT2D eigenvalue weighted by Gasteiger charge is 2.47. The molecule has 0 aliphatic rings. The van der Waals surface area contributed by atoms with Crippen LogP contribution in [-0.2, 0) is 41.9 Å². The Hall–Kier alpha value is -5.12. The number of benzene rings is 3. The van der Waals surface area contributed by atoms with E-state index in [1.807, 2.05) is 0 Å². The Kier molecular flexibility index (Phi) is 11.8. The van der Waals surface area contributed by atoms with Crippen LogP contribution in [0.15, 0.2) is 103 Å². The maximum Gasteiger partial charge on any atom is 0.573 e. The highest BCUT2D eigenvalue weighted by molar-refractivity contribution is 7.92. The number of allylic oxidation sites excluding steroid dienone is 2. The van der Waals surface area contributed by atoms with Gasteiger partial charge in [-0.1, -0.05) is 24.3 Å². The first-order valence-corrected chi connectivity index (χ1v) is 15.1. The van der Waals surface area contributed by atoms with Gasteiger partial charge in [0.15, 0.2) is 17.8 Å². The molecule has 0 unspecified atom stereocenters. The number of halogens is 6. The Morgan fingerprint density at radius 1 is 0.750 bits per heavy atom. The number of hydrogen-bond acceptors (Lipinski definition) is 8. The van der Waals surface area contributed by atoms with Gasteiger partial charge in [0, 0.05) is 11.3 Å². The molecule has 1 N–H and O–H groups in total. The zero-order valence-corrected chi connectivity index (χ0v) is 25.6. The first-order chi connectivity index (χ1) is 22.4. The number of carbonyl (C=O) groups is 3. The number of Topliss-reactive ketones (excluding diaryl/α,β-unsaturated/α-hetero) is 1. The third-order valence-corrected chi connectivity index (χ3v) is 7.98. The Morgan fingerprint density at radius 2 is 1.29 bits per heavy atom. The molecule has 0 amide bonds. The van der Waals surface area contributed by atoms with Gasteiger partial charge >= 0.3 is 24.5 Å². The summed E-state index contributed by atoms with van der Waals surface area (Å²) in [6.07, 6.45) is -7.60. The summed E-state index contributed by atoms with van der Waals surface area (Å²) in [5.41, 5.74) is -2.71. The van der Waals surface area contributed by atoms with Crippen LogP contribution in [0.25, 0.3) is 0 Å². The van der Waals surface area contributed by atoms with E-state index in [-0.39, 0.29) is 34.6 Å². The van der Waals surface area contributed by atoms with E-state index < -0.39 is 70.2 Å². The van der Waals surface area contributed by atoms with Crippen LogP contribution >= 0.6 is 0 Å². The highest BCUT2D eigenvalue weighted by atomic mass is 32.2. The first-order valence-electron chi connectivity index (χ1n) is 13.6. The van der Waals surface area contributed by atoms with Crippen LogP contribution in [0.1, 0.15) is 34.3 Å². The van der Waals surface area contributed by atoms with Gasteiger partial charge in [0.05, 0.1) is 10.5 Å². The highest BCUT2D eigenvalue weighted by Crippen LogP contribution is 2.33. The molecule has 0 aliphatic heterocycles. The lowest BCUT2D eigenvalue weighted by atomic mass is 9.81. The number of rotatable bonds is 15. The standard InChI is InChI=1S/C32H27F6NO8S/c1-3-17-30(18-4-2,28(41)45-19-21-5-9-23(10-6-21)31(33,34)35)29(42)46-20-27(40)22-7-11-24(12-8-22)39-48(43,44)26-15-13-25(14-16-26)47-32(36,37)38/h3-16,39H,1-2,17-20H2. The van der Waals surface area contributed by atoms with Crippen LogP contribution in [0.5, 0.6) is 5.75 Å². The van der Waals surface area contributed by atoms with Crippen LogP contribution in [0.4, 0.5) is 32.0 Å². The largest absolute Gasteiger partial charge is 0.573 e. The summed E-state index contributed by atoms with van der Waals surface area (Å²) in [4.78, 5) is 38.7. The lowest BCUT2D eigenvalue weighted by Crippen LogP contribution is -2.42. The predicted octanol–water partition coefficient (Wildman–Crippen LogP) is 7.01. The number of alkyl halides is 6. The third kappa shape index (κ3) is 9.94. The van der Waals surface area contributed by atoms with E-state index in [1.165, 1.54) is 36.4 Å². The number of anilines is 1. The maximum atomic E-state index is 13.2. The molecule has 0 heterocycles. The van der Waals surface area contributed by atoms with Gasteiger partial charge in [0.1, 0.15) is 12.4 Å². The number of esters is 2. The van der Waals surface area contributed by atoms with E-state index in [4.69, 9.17) is 9.47 Å². The number of nitrogens with one attached hydrogen (secondary N) is 1. The van der Waals surface area contributed by atoms with Crippen LogP contribution in [0.3, 0.4) is 0 Å². The number of ketones is 1. The summed E-state index contributed by atoms with van der Waals surface area (Å²) >= 11 is 0. The van der Waals surface area contributed by atoms with Crippen LogP contribution in [0.2, 0.25) is 0 Å². The van der Waals surface area contributed by atoms with E-state index in [0.29, 0.717) is 0 Å². The third-order valence-electron chi connectivity index (χ3n) is 6.58. The molecule has 0 aliphatic carbocycles. The fourth-order valence-electron chi connectivity index (χ4n) is 4.18. The molecule has 0 saturated heterocycles. The molecular formula is C32H27F6NO8S. The van der Waals surface area contributed by atoms with Gasteiger partial charge in [-0.2, -0.15) is 13.2 Å². The summed E-state index contributed by atoms with van der Waals surface area (Å²) < 4.78 is 117. The van der Waals surface area contributed by atoms with Gasteiger partial charge in [-0.15, -0.1) is 26.3 Å². The minimum absolute atomic E-state index is 0.00839. The van der Waals surface area contributed by atoms with Gasteiger partial charge < -0.3 is 14.2 Å². The van der Waals surface area contributed by atoms with Crippen molar-refractivity contribution in [3.8, 4) is 5.75 Å². The molecule has 256 valence electrons. The molecule has 48 heavy (non-hydrogen) atoms. The number of ether oxygens (including phenoxy) is 3. The minimum Gasteiger partial charge on any atom is -0.460 e. The van der Waals surface area contributed by atoms with Gasteiger partial charge in [-0.05, 0) is 79.1 Å². The summed E-state index contributed by atoms with van der Waals surface area (Å²) in [6, 6.07) is 12.2. The van der Waals surface area contributed by atoms with E-state index in [2.05, 4.69) is 22.6 Å². The fourth-order valence-corrected chi connectivity index (χ4v) is 5.24. The van der Waals surface area contributed by atoms with Gasteiger partial charge in [0.2, 0.25) is 0 Å². The van der Waals surface area contributed by atoms with Crippen LogP contribution < -0.4 is 9.46 Å². The maximum absolute atomic E-state index is 13.2. The molecule has 16 heteroatoms. The lowest BCUT2D eigenvalue weighted by molar-refractivity contribution is -0.274. The normalized spacial score (nSPS) is 12.0. The van der Waals surface area contributed by atoms with Crippen molar-refractivity contribution in [2.45, 2.75) is 36.9 Å². The zero-order chi connectivity index (χ0) is 35.8. The summed E-state index contributed by atoms with van der Waals surface area (Å²) in [5, 5.41) is 0. The SMILES string of the molecule is C=CCC(CC=C)(C(=O)OCC(=O)c1ccc(NS(=O)(=O)c2ccc(OC(F)(F)F)cc2)cc1)C(=O)OCc1ccc(C(F)(F)F)cc1. The molecule has 3 aromatic carbocycles. The fraction of sp³-hybridized carbons (Fsp3) is 0.219. The minimum atomic E-state index is -4.96. The average molecular weight is 700 g/mol. The van der Waals surface area contributed by atoms with Crippen molar-refractivity contribution in [3.05, 3.63) is 115 Å². The molecule has 0 aromatic heterocycles. The molecule has 0 fully saturated rings. The van der Waals surface area contributed by atoms with E-state index in [0.717, 1.165) is 48.5 Å². The molecule has 0 radical (unpaired) electrons. The second kappa shape index (κ2) is 15.2. The monoisotopic (exact) mass is 699 g/mol. The van der Waals surface area contributed by atoms with Crippen molar-refractivity contribution in [3.63, 3.8) is 0 Å². The van der Waals surface area contributed by atoms with Gasteiger partial charge in [-0.3, -0.25) is 19.1 Å². The number of hydrogen-bond donors (Lipinski definition) is 1.